The van der Waals surface area contributed by atoms with Gasteiger partial charge in [0.05, 0.1) is 13.3 Å². The van der Waals surface area contributed by atoms with Crippen molar-refractivity contribution in [2.45, 2.75) is 13.2 Å². The van der Waals surface area contributed by atoms with Crippen LogP contribution in [0.15, 0.2) is 31.6 Å². The summed E-state index contributed by atoms with van der Waals surface area (Å²) in [6.07, 6.45) is 0.346. The molecule has 0 saturated carbocycles. The minimum absolute atomic E-state index is 0.137. The van der Waals surface area contributed by atoms with E-state index < -0.39 is 40.4 Å². The number of carbonyl (C=O) groups is 1. The molecule has 2 rings (SSSR count). The number of aryl methyl sites for hydroxylation is 1. The van der Waals surface area contributed by atoms with Crippen LogP contribution in [0.2, 0.25) is 0 Å². The van der Waals surface area contributed by atoms with E-state index in [2.05, 4.69) is 9.72 Å². The fourth-order valence-corrected chi connectivity index (χ4v) is 1.68. The number of carbonyl (C=O) groups excluding carboxylic acids is 1. The first kappa shape index (κ1) is 16.0. The molecule has 0 saturated heterocycles. The Balaban J connectivity index is 2.55. The van der Waals surface area contributed by atoms with Gasteiger partial charge in [0.2, 0.25) is 5.75 Å². The van der Waals surface area contributed by atoms with Crippen LogP contribution in [0, 0.1) is 6.92 Å². The summed E-state index contributed by atoms with van der Waals surface area (Å²) in [5.41, 5.74) is -3.10. The lowest BCUT2D eigenvalue weighted by molar-refractivity contribution is -0.153. The van der Waals surface area contributed by atoms with Crippen LogP contribution in [0.25, 0.3) is 0 Å². The Bertz CT molecular complexity index is 965. The van der Waals surface area contributed by atoms with Crippen molar-refractivity contribution in [3.8, 4) is 5.75 Å². The van der Waals surface area contributed by atoms with Gasteiger partial charge >= 0.3 is 17.3 Å². The number of nitrogens with zero attached hydrogens (tertiary/aromatic N) is 1. The molecule has 2 heterocycles. The van der Waals surface area contributed by atoms with E-state index in [1.807, 2.05) is 9.97 Å². The molecule has 0 amide bonds. The van der Waals surface area contributed by atoms with Crippen LogP contribution in [-0.4, -0.2) is 32.6 Å². The molecule has 2 aromatic rings. The van der Waals surface area contributed by atoms with E-state index in [-0.39, 0.29) is 5.56 Å². The molecule has 122 valence electrons. The van der Waals surface area contributed by atoms with Crippen LogP contribution in [0.5, 0.6) is 5.75 Å². The standard InChI is InChI=1S/C12H12N4O7/c1-5-4-16(12(21)15-7(5)17)9(10(19)22-2)23-6-3-13-11(20)14-8(6)18/h3-4,9H,1-2H3,(H,15,17,21)(H2,13,14,18,20). The summed E-state index contributed by atoms with van der Waals surface area (Å²) in [5.74, 6) is -1.42. The third-order valence-electron chi connectivity index (χ3n) is 2.83. The smallest absolute Gasteiger partial charge is 0.369 e. The van der Waals surface area contributed by atoms with Crippen LogP contribution in [-0.2, 0) is 9.53 Å². The van der Waals surface area contributed by atoms with Gasteiger partial charge in [0, 0.05) is 11.8 Å². The first-order chi connectivity index (χ1) is 10.8. The van der Waals surface area contributed by atoms with Crippen LogP contribution in [0.1, 0.15) is 11.8 Å². The zero-order valence-electron chi connectivity index (χ0n) is 12.0. The van der Waals surface area contributed by atoms with Crippen LogP contribution in [0.3, 0.4) is 0 Å². The maximum atomic E-state index is 11.9. The van der Waals surface area contributed by atoms with Crippen molar-refractivity contribution < 1.29 is 14.3 Å². The fourth-order valence-electron chi connectivity index (χ4n) is 1.68. The molecule has 0 spiro atoms. The van der Waals surface area contributed by atoms with Crippen molar-refractivity contribution >= 4 is 5.97 Å². The highest BCUT2D eigenvalue weighted by molar-refractivity contribution is 5.73. The molecular formula is C12H12N4O7. The van der Waals surface area contributed by atoms with Gasteiger partial charge in [-0.05, 0) is 6.92 Å². The Labute approximate surface area is 126 Å². The number of ether oxygens (including phenoxy) is 2. The quantitative estimate of drug-likeness (QED) is 0.547. The van der Waals surface area contributed by atoms with Gasteiger partial charge < -0.3 is 14.5 Å². The highest BCUT2D eigenvalue weighted by Crippen LogP contribution is 2.11. The molecule has 11 nitrogen and oxygen atoms in total. The minimum atomic E-state index is -1.67. The van der Waals surface area contributed by atoms with E-state index in [4.69, 9.17) is 4.74 Å². The first-order valence-electron chi connectivity index (χ1n) is 6.22. The molecule has 23 heavy (non-hydrogen) atoms. The minimum Gasteiger partial charge on any atom is -0.465 e. The molecule has 0 bridgehead atoms. The number of hydrogen-bond acceptors (Lipinski definition) is 7. The Morgan fingerprint density at radius 3 is 2.48 bits per heavy atom. The predicted molar refractivity (Wildman–Crippen MR) is 75.4 cm³/mol. The third-order valence-corrected chi connectivity index (χ3v) is 2.83. The number of aromatic nitrogens is 4. The van der Waals surface area contributed by atoms with Crippen molar-refractivity contribution in [2.75, 3.05) is 7.11 Å². The molecule has 0 aliphatic rings. The summed E-state index contributed by atoms with van der Waals surface area (Å²) in [6.45, 7) is 1.41. The molecule has 0 fully saturated rings. The van der Waals surface area contributed by atoms with E-state index in [0.29, 0.717) is 0 Å². The Morgan fingerprint density at radius 1 is 1.17 bits per heavy atom. The van der Waals surface area contributed by atoms with Crippen molar-refractivity contribution in [2.24, 2.45) is 0 Å². The summed E-state index contributed by atoms with van der Waals surface area (Å²) < 4.78 is 10.5. The first-order valence-corrected chi connectivity index (χ1v) is 6.22. The van der Waals surface area contributed by atoms with Gasteiger partial charge in [-0.25, -0.2) is 14.4 Å². The molecule has 0 aliphatic carbocycles. The van der Waals surface area contributed by atoms with Gasteiger partial charge in [-0.15, -0.1) is 0 Å². The number of aromatic amines is 3. The van der Waals surface area contributed by atoms with Crippen LogP contribution in [0.4, 0.5) is 0 Å². The zero-order valence-corrected chi connectivity index (χ0v) is 12.0. The molecule has 0 radical (unpaired) electrons. The molecular weight excluding hydrogens is 312 g/mol. The monoisotopic (exact) mass is 324 g/mol. The van der Waals surface area contributed by atoms with Gasteiger partial charge in [-0.3, -0.25) is 24.1 Å². The summed E-state index contributed by atoms with van der Waals surface area (Å²) in [4.78, 5) is 63.8. The summed E-state index contributed by atoms with van der Waals surface area (Å²) in [6, 6.07) is 0. The highest BCUT2D eigenvalue weighted by Gasteiger charge is 2.26. The topological polar surface area (TPSA) is 156 Å². The highest BCUT2D eigenvalue weighted by atomic mass is 16.6. The molecule has 1 unspecified atom stereocenters. The number of nitrogens with one attached hydrogen (secondary N) is 3. The van der Waals surface area contributed by atoms with Crippen molar-refractivity contribution in [1.82, 2.24) is 19.5 Å². The average molecular weight is 324 g/mol. The van der Waals surface area contributed by atoms with Gasteiger partial charge in [0.25, 0.3) is 17.3 Å². The number of H-pyrrole nitrogens is 3. The van der Waals surface area contributed by atoms with E-state index >= 15 is 0 Å². The maximum absolute atomic E-state index is 11.9. The van der Waals surface area contributed by atoms with Gasteiger partial charge in [0.15, 0.2) is 0 Å². The molecule has 0 aromatic carbocycles. The summed E-state index contributed by atoms with van der Waals surface area (Å²) in [5, 5.41) is 0. The van der Waals surface area contributed by atoms with Gasteiger partial charge in [0.1, 0.15) is 0 Å². The Morgan fingerprint density at radius 2 is 1.87 bits per heavy atom. The normalized spacial score (nSPS) is 11.7. The van der Waals surface area contributed by atoms with Crippen molar-refractivity contribution in [1.29, 1.82) is 0 Å². The predicted octanol–water partition coefficient (Wildman–Crippen LogP) is -2.03. The largest absolute Gasteiger partial charge is 0.465 e. The molecule has 3 N–H and O–H groups in total. The molecule has 11 heteroatoms. The average Bonchev–Trinajstić information content (AvgIpc) is 2.50. The number of esters is 1. The molecule has 1 atom stereocenters. The fraction of sp³-hybridized carbons (Fsp3) is 0.250. The second-order valence-electron chi connectivity index (χ2n) is 4.41. The van der Waals surface area contributed by atoms with Gasteiger partial charge in [-0.1, -0.05) is 0 Å². The Kier molecular flexibility index (Phi) is 4.30. The lowest BCUT2D eigenvalue weighted by Gasteiger charge is -2.18. The van der Waals surface area contributed by atoms with Crippen molar-refractivity contribution in [3.05, 3.63) is 59.6 Å². The lowest BCUT2D eigenvalue weighted by Crippen LogP contribution is -2.39. The second kappa shape index (κ2) is 6.17. The van der Waals surface area contributed by atoms with Crippen LogP contribution >= 0.6 is 0 Å². The number of hydrogen-bond donors (Lipinski definition) is 3. The van der Waals surface area contributed by atoms with Crippen molar-refractivity contribution in [3.63, 3.8) is 0 Å². The van der Waals surface area contributed by atoms with Crippen LogP contribution < -0.4 is 27.2 Å². The van der Waals surface area contributed by atoms with Gasteiger partial charge in [-0.2, -0.15) is 0 Å². The zero-order chi connectivity index (χ0) is 17.1. The Hall–Kier alpha value is -3.37. The maximum Gasteiger partial charge on any atom is 0.369 e. The molecule has 2 aromatic heterocycles. The summed E-state index contributed by atoms with van der Waals surface area (Å²) in [7, 11) is 1.05. The second-order valence-corrected chi connectivity index (χ2v) is 4.41. The number of methoxy groups -OCH3 is 1. The SMILES string of the molecule is COC(=O)C(Oc1c[nH]c(=O)[nH]c1=O)n1cc(C)c(=O)[nH]c1=O. The third kappa shape index (κ3) is 3.28. The molecule has 0 aliphatic heterocycles. The lowest BCUT2D eigenvalue weighted by atomic mass is 10.4. The van der Waals surface area contributed by atoms with E-state index in [9.17, 15) is 24.0 Å². The van der Waals surface area contributed by atoms with E-state index in [1.165, 1.54) is 6.92 Å². The summed E-state index contributed by atoms with van der Waals surface area (Å²) >= 11 is 0. The van der Waals surface area contributed by atoms with E-state index in [0.717, 1.165) is 24.1 Å². The number of rotatable bonds is 4. The van der Waals surface area contributed by atoms with E-state index in [1.54, 1.807) is 0 Å².